The van der Waals surface area contributed by atoms with Crippen LogP contribution in [0, 0.1) is 6.92 Å². The lowest BCUT2D eigenvalue weighted by molar-refractivity contribution is 0.448. The molecule has 0 aliphatic carbocycles. The summed E-state index contributed by atoms with van der Waals surface area (Å²) in [5.41, 5.74) is 5.41. The van der Waals surface area contributed by atoms with Crippen molar-refractivity contribution in [2.45, 2.75) is 39.5 Å². The van der Waals surface area contributed by atoms with Crippen molar-refractivity contribution in [2.75, 3.05) is 0 Å². The topological polar surface area (TPSA) is 40.5 Å². The zero-order chi connectivity index (χ0) is 15.5. The van der Waals surface area contributed by atoms with Crippen LogP contribution in [-0.4, -0.2) is 17.7 Å². The van der Waals surface area contributed by atoms with Crippen molar-refractivity contribution in [3.8, 4) is 11.1 Å². The Hall–Kier alpha value is -1.58. The molecule has 3 heteroatoms. The second kappa shape index (κ2) is 10.2. The summed E-state index contributed by atoms with van der Waals surface area (Å²) in [4.78, 5) is 0. The van der Waals surface area contributed by atoms with E-state index in [-0.39, 0.29) is 7.69 Å². The molecular weight excluding hydrogens is 259 g/mol. The summed E-state index contributed by atoms with van der Waals surface area (Å²) >= 11 is 0. The molecule has 0 aliphatic heterocycles. The maximum Gasteiger partial charge on any atom is 0.482 e. The van der Waals surface area contributed by atoms with E-state index in [4.69, 9.17) is 10.0 Å². The molecule has 0 aliphatic rings. The minimum atomic E-state index is 0. The molecule has 0 unspecified atom stereocenters. The number of aryl methyl sites for hydroxylation is 2. The van der Waals surface area contributed by atoms with E-state index in [1.807, 2.05) is 0 Å². The molecular formula is C18H24BO2. The van der Waals surface area contributed by atoms with Crippen molar-refractivity contribution in [3.63, 3.8) is 0 Å². The van der Waals surface area contributed by atoms with Crippen LogP contribution in [0.5, 0.6) is 0 Å². The van der Waals surface area contributed by atoms with Crippen LogP contribution >= 0.6 is 0 Å². The third-order valence-corrected chi connectivity index (χ3v) is 3.37. The Morgan fingerprint density at radius 3 is 2.14 bits per heavy atom. The number of benzene rings is 2. The molecule has 0 spiro atoms. The van der Waals surface area contributed by atoms with Gasteiger partial charge in [0.05, 0.1) is 0 Å². The van der Waals surface area contributed by atoms with Crippen LogP contribution in [0.25, 0.3) is 11.1 Å². The van der Waals surface area contributed by atoms with Crippen LogP contribution in [0.1, 0.15) is 37.3 Å². The summed E-state index contributed by atoms with van der Waals surface area (Å²) in [5, 5.41) is 14.0. The van der Waals surface area contributed by atoms with E-state index in [1.165, 1.54) is 47.9 Å². The van der Waals surface area contributed by atoms with Gasteiger partial charge in [-0.15, -0.1) is 0 Å². The Morgan fingerprint density at radius 1 is 0.905 bits per heavy atom. The molecule has 0 heterocycles. The highest BCUT2D eigenvalue weighted by atomic mass is 16.4. The molecule has 0 aromatic heterocycles. The van der Waals surface area contributed by atoms with Crippen molar-refractivity contribution in [3.05, 3.63) is 59.7 Å². The highest BCUT2D eigenvalue weighted by Crippen LogP contribution is 2.21. The maximum absolute atomic E-state index is 7.00. The van der Waals surface area contributed by atoms with E-state index in [2.05, 4.69) is 62.4 Å². The van der Waals surface area contributed by atoms with E-state index in [0.717, 1.165) is 0 Å². The monoisotopic (exact) mass is 283 g/mol. The van der Waals surface area contributed by atoms with E-state index in [9.17, 15) is 0 Å². The molecule has 0 saturated carbocycles. The third-order valence-electron chi connectivity index (χ3n) is 3.37. The van der Waals surface area contributed by atoms with Gasteiger partial charge in [0.25, 0.3) is 0 Å². The van der Waals surface area contributed by atoms with Crippen molar-refractivity contribution >= 4 is 7.69 Å². The first-order valence-corrected chi connectivity index (χ1v) is 7.47. The molecule has 0 bridgehead atoms. The Balaban J connectivity index is 0.000000677. The fraction of sp³-hybridized carbons (Fsp3) is 0.333. The molecule has 1 radical (unpaired) electrons. The van der Waals surface area contributed by atoms with Crippen LogP contribution in [0.15, 0.2) is 48.5 Å². The Kier molecular flexibility index (Phi) is 8.48. The average Bonchev–Trinajstić information content (AvgIpc) is 2.49. The van der Waals surface area contributed by atoms with Gasteiger partial charge >= 0.3 is 7.69 Å². The van der Waals surface area contributed by atoms with Gasteiger partial charge in [-0.05, 0) is 36.5 Å². The van der Waals surface area contributed by atoms with Crippen LogP contribution in [0.4, 0.5) is 0 Å². The van der Waals surface area contributed by atoms with Gasteiger partial charge in [0.1, 0.15) is 0 Å². The molecule has 0 saturated heterocycles. The van der Waals surface area contributed by atoms with Crippen molar-refractivity contribution in [2.24, 2.45) is 0 Å². The molecule has 0 amide bonds. The molecule has 2 nitrogen and oxygen atoms in total. The molecule has 2 rings (SSSR count). The number of hydrogen-bond acceptors (Lipinski definition) is 2. The Morgan fingerprint density at radius 2 is 1.57 bits per heavy atom. The first-order valence-electron chi connectivity index (χ1n) is 7.47. The fourth-order valence-electron chi connectivity index (χ4n) is 2.27. The minimum absolute atomic E-state index is 0. The Labute approximate surface area is 128 Å². The molecule has 111 valence electrons. The first kappa shape index (κ1) is 17.5. The van der Waals surface area contributed by atoms with Gasteiger partial charge in [-0.25, -0.2) is 0 Å². The Bertz CT molecular complexity index is 509. The lowest BCUT2D eigenvalue weighted by Gasteiger charge is -2.05. The molecule has 2 aromatic rings. The van der Waals surface area contributed by atoms with E-state index in [1.54, 1.807) is 0 Å². The fourth-order valence-corrected chi connectivity index (χ4v) is 2.27. The van der Waals surface area contributed by atoms with Crippen molar-refractivity contribution in [1.29, 1.82) is 0 Å². The smallest absolute Gasteiger partial charge is 0.429 e. The summed E-state index contributed by atoms with van der Waals surface area (Å²) in [7, 11) is 0. The normalized spacial score (nSPS) is 9.71. The zero-order valence-electron chi connectivity index (χ0n) is 12.9. The largest absolute Gasteiger partial charge is 0.482 e. The van der Waals surface area contributed by atoms with Crippen molar-refractivity contribution in [1.82, 2.24) is 0 Å². The van der Waals surface area contributed by atoms with E-state index < -0.39 is 0 Å². The molecule has 2 aromatic carbocycles. The van der Waals surface area contributed by atoms with Crippen LogP contribution < -0.4 is 0 Å². The van der Waals surface area contributed by atoms with Gasteiger partial charge in [0.2, 0.25) is 0 Å². The van der Waals surface area contributed by atoms with Crippen LogP contribution in [0.2, 0.25) is 0 Å². The summed E-state index contributed by atoms with van der Waals surface area (Å²) < 4.78 is 0. The van der Waals surface area contributed by atoms with Gasteiger partial charge in [-0.1, -0.05) is 73.9 Å². The summed E-state index contributed by atoms with van der Waals surface area (Å²) in [6.45, 7) is 4.39. The highest BCUT2D eigenvalue weighted by Gasteiger charge is 1.98. The maximum atomic E-state index is 7.00. The second-order valence-corrected chi connectivity index (χ2v) is 5.14. The van der Waals surface area contributed by atoms with Crippen LogP contribution in [0.3, 0.4) is 0 Å². The molecule has 21 heavy (non-hydrogen) atoms. The standard InChI is InChI=1S/C18H22.BH2O2/c1-3-4-5-8-16-10-12-17(13-11-16)18-9-6-7-15(2)14-18;2-1-3/h6-7,9-14H,3-5,8H2,1-2H3;2-3H. The zero-order valence-corrected chi connectivity index (χ0v) is 12.9. The lowest BCUT2D eigenvalue weighted by atomic mass is 10.0. The van der Waals surface area contributed by atoms with Crippen molar-refractivity contribution < 1.29 is 10.0 Å². The molecule has 0 fully saturated rings. The van der Waals surface area contributed by atoms with E-state index >= 15 is 0 Å². The van der Waals surface area contributed by atoms with Gasteiger partial charge in [0.15, 0.2) is 0 Å². The molecule has 0 atom stereocenters. The summed E-state index contributed by atoms with van der Waals surface area (Å²) in [6, 6.07) is 17.7. The van der Waals surface area contributed by atoms with Crippen LogP contribution in [-0.2, 0) is 6.42 Å². The second-order valence-electron chi connectivity index (χ2n) is 5.14. The average molecular weight is 283 g/mol. The quantitative estimate of drug-likeness (QED) is 0.645. The van der Waals surface area contributed by atoms with Gasteiger partial charge < -0.3 is 10.0 Å². The SMILES string of the molecule is CCCCCc1ccc(-c2cccc(C)c2)cc1.O[B]O. The van der Waals surface area contributed by atoms with Gasteiger partial charge in [-0.3, -0.25) is 0 Å². The van der Waals surface area contributed by atoms with Gasteiger partial charge in [-0.2, -0.15) is 0 Å². The predicted molar refractivity (Wildman–Crippen MR) is 90.0 cm³/mol. The number of unbranched alkanes of at least 4 members (excludes halogenated alkanes) is 2. The van der Waals surface area contributed by atoms with E-state index in [0.29, 0.717) is 0 Å². The highest BCUT2D eigenvalue weighted by molar-refractivity contribution is 6.13. The summed E-state index contributed by atoms with van der Waals surface area (Å²) in [5.74, 6) is 0. The summed E-state index contributed by atoms with van der Waals surface area (Å²) in [6.07, 6.45) is 5.14. The molecule has 2 N–H and O–H groups in total. The number of rotatable bonds is 5. The van der Waals surface area contributed by atoms with Gasteiger partial charge in [0, 0.05) is 0 Å². The number of hydrogen-bond donors (Lipinski definition) is 2. The minimum Gasteiger partial charge on any atom is -0.429 e. The lowest BCUT2D eigenvalue weighted by Crippen LogP contribution is -1.86. The first-order chi connectivity index (χ1) is 10.2. The third kappa shape index (κ3) is 6.61. The predicted octanol–water partition coefficient (Wildman–Crippen LogP) is 3.90.